The summed E-state index contributed by atoms with van der Waals surface area (Å²) in [5, 5.41) is 6.78. The standard InChI is InChI=1S/C20H34N4O2/c1-4-21-20(22-10-7-11-24-12-14-26-15-13-24)23-16-17(2)18-8-5-6-9-19(18)25-3/h5-6,8-9,17H,4,7,10-16H2,1-3H3,(H2,21,22,23). The van der Waals surface area contributed by atoms with Gasteiger partial charge in [-0.05, 0) is 31.5 Å². The molecule has 6 nitrogen and oxygen atoms in total. The van der Waals surface area contributed by atoms with Crippen LogP contribution in [0, 0.1) is 0 Å². The summed E-state index contributed by atoms with van der Waals surface area (Å²) in [7, 11) is 1.72. The molecule has 0 aromatic heterocycles. The van der Waals surface area contributed by atoms with Crippen molar-refractivity contribution in [3.05, 3.63) is 29.8 Å². The summed E-state index contributed by atoms with van der Waals surface area (Å²) in [5.41, 5.74) is 1.20. The van der Waals surface area contributed by atoms with Gasteiger partial charge >= 0.3 is 0 Å². The van der Waals surface area contributed by atoms with Crippen molar-refractivity contribution in [2.24, 2.45) is 4.99 Å². The zero-order valence-electron chi connectivity index (χ0n) is 16.5. The largest absolute Gasteiger partial charge is 0.496 e. The number of guanidine groups is 1. The average Bonchev–Trinajstić information content (AvgIpc) is 2.69. The van der Waals surface area contributed by atoms with Gasteiger partial charge in [-0.3, -0.25) is 9.89 Å². The van der Waals surface area contributed by atoms with Gasteiger partial charge in [0, 0.05) is 38.6 Å². The number of benzene rings is 1. The lowest BCUT2D eigenvalue weighted by molar-refractivity contribution is 0.0376. The van der Waals surface area contributed by atoms with Gasteiger partial charge in [0.2, 0.25) is 0 Å². The van der Waals surface area contributed by atoms with Crippen molar-refractivity contribution in [2.45, 2.75) is 26.2 Å². The second kappa shape index (κ2) is 11.8. The first-order valence-electron chi connectivity index (χ1n) is 9.69. The maximum atomic E-state index is 5.46. The van der Waals surface area contributed by atoms with Crippen molar-refractivity contribution in [3.8, 4) is 5.75 Å². The first-order chi connectivity index (χ1) is 12.7. The van der Waals surface area contributed by atoms with E-state index in [4.69, 9.17) is 14.5 Å². The van der Waals surface area contributed by atoms with Crippen LogP contribution >= 0.6 is 0 Å². The summed E-state index contributed by atoms with van der Waals surface area (Å²) >= 11 is 0. The Balaban J connectivity index is 1.79. The Morgan fingerprint density at radius 3 is 2.77 bits per heavy atom. The molecule has 0 bridgehead atoms. The molecule has 1 fully saturated rings. The van der Waals surface area contributed by atoms with Crippen LogP contribution in [0.4, 0.5) is 0 Å². The third kappa shape index (κ3) is 6.84. The van der Waals surface area contributed by atoms with Crippen molar-refractivity contribution in [2.75, 3.05) is 59.6 Å². The molecule has 2 N–H and O–H groups in total. The van der Waals surface area contributed by atoms with Gasteiger partial charge in [-0.2, -0.15) is 0 Å². The number of ether oxygens (including phenoxy) is 2. The molecule has 0 aliphatic carbocycles. The van der Waals surface area contributed by atoms with Crippen molar-refractivity contribution in [1.29, 1.82) is 0 Å². The minimum absolute atomic E-state index is 0.301. The van der Waals surface area contributed by atoms with Gasteiger partial charge in [0.15, 0.2) is 5.96 Å². The fourth-order valence-electron chi connectivity index (χ4n) is 3.08. The van der Waals surface area contributed by atoms with Crippen molar-refractivity contribution >= 4 is 5.96 Å². The lowest BCUT2D eigenvalue weighted by Crippen LogP contribution is -2.40. The molecule has 1 unspecified atom stereocenters. The molecule has 1 heterocycles. The molecule has 0 radical (unpaired) electrons. The predicted octanol–water partition coefficient (Wildman–Crippen LogP) is 2.08. The smallest absolute Gasteiger partial charge is 0.191 e. The van der Waals surface area contributed by atoms with Crippen LogP contribution in [0.15, 0.2) is 29.3 Å². The van der Waals surface area contributed by atoms with E-state index < -0.39 is 0 Å². The number of morpholine rings is 1. The van der Waals surface area contributed by atoms with Crippen LogP contribution in [0.2, 0.25) is 0 Å². The van der Waals surface area contributed by atoms with Crippen LogP contribution < -0.4 is 15.4 Å². The summed E-state index contributed by atoms with van der Waals surface area (Å²) in [6, 6.07) is 8.16. The van der Waals surface area contributed by atoms with Crippen LogP contribution in [0.1, 0.15) is 31.7 Å². The number of hydrogen-bond acceptors (Lipinski definition) is 4. The number of nitrogens with zero attached hydrogens (tertiary/aromatic N) is 2. The highest BCUT2D eigenvalue weighted by atomic mass is 16.5. The molecule has 146 valence electrons. The Bertz CT molecular complexity index is 544. The average molecular weight is 363 g/mol. The Labute approximate surface area is 158 Å². The molecular formula is C20H34N4O2. The number of para-hydroxylation sites is 1. The van der Waals surface area contributed by atoms with Gasteiger partial charge in [0.1, 0.15) is 5.75 Å². The fraction of sp³-hybridized carbons (Fsp3) is 0.650. The highest BCUT2D eigenvalue weighted by Gasteiger charge is 2.11. The van der Waals surface area contributed by atoms with Crippen LogP contribution in [-0.2, 0) is 4.74 Å². The Hall–Kier alpha value is -1.79. The lowest BCUT2D eigenvalue weighted by atomic mass is 10.0. The van der Waals surface area contributed by atoms with Gasteiger partial charge in [-0.15, -0.1) is 0 Å². The van der Waals surface area contributed by atoms with E-state index in [1.54, 1.807) is 7.11 Å². The second-order valence-electron chi connectivity index (χ2n) is 6.60. The molecule has 1 atom stereocenters. The lowest BCUT2D eigenvalue weighted by Gasteiger charge is -2.26. The summed E-state index contributed by atoms with van der Waals surface area (Å²) in [6.07, 6.45) is 1.10. The molecule has 1 aromatic rings. The summed E-state index contributed by atoms with van der Waals surface area (Å²) in [4.78, 5) is 7.21. The third-order valence-corrected chi connectivity index (χ3v) is 4.58. The van der Waals surface area contributed by atoms with Crippen molar-refractivity contribution in [1.82, 2.24) is 15.5 Å². The maximum absolute atomic E-state index is 5.46. The Kier molecular flexibility index (Phi) is 9.28. The van der Waals surface area contributed by atoms with E-state index in [2.05, 4.69) is 35.4 Å². The van der Waals surface area contributed by atoms with Crippen LogP contribution in [0.5, 0.6) is 5.75 Å². The number of rotatable bonds is 9. The van der Waals surface area contributed by atoms with Gasteiger partial charge in [0.25, 0.3) is 0 Å². The first-order valence-corrected chi connectivity index (χ1v) is 9.69. The summed E-state index contributed by atoms with van der Waals surface area (Å²) in [6.45, 7) is 11.7. The number of nitrogens with one attached hydrogen (secondary N) is 2. The molecule has 0 saturated carbocycles. The van der Waals surface area contributed by atoms with E-state index in [-0.39, 0.29) is 0 Å². The van der Waals surface area contributed by atoms with E-state index >= 15 is 0 Å². The topological polar surface area (TPSA) is 58.1 Å². The normalized spacial score (nSPS) is 17.0. The molecule has 0 spiro atoms. The Morgan fingerprint density at radius 2 is 2.04 bits per heavy atom. The van der Waals surface area contributed by atoms with E-state index in [1.807, 2.05) is 18.2 Å². The minimum atomic E-state index is 0.301. The first kappa shape index (κ1) is 20.5. The second-order valence-corrected chi connectivity index (χ2v) is 6.60. The van der Waals surface area contributed by atoms with Crippen LogP contribution in [0.25, 0.3) is 0 Å². The van der Waals surface area contributed by atoms with E-state index in [0.29, 0.717) is 5.92 Å². The molecule has 2 rings (SSSR count). The van der Waals surface area contributed by atoms with Crippen molar-refractivity contribution < 1.29 is 9.47 Å². The van der Waals surface area contributed by atoms with Gasteiger partial charge in [-0.1, -0.05) is 25.1 Å². The third-order valence-electron chi connectivity index (χ3n) is 4.58. The Morgan fingerprint density at radius 1 is 1.27 bits per heavy atom. The maximum Gasteiger partial charge on any atom is 0.191 e. The molecule has 1 aliphatic heterocycles. The molecule has 0 amide bonds. The fourth-order valence-corrected chi connectivity index (χ4v) is 3.08. The zero-order valence-corrected chi connectivity index (χ0v) is 16.5. The zero-order chi connectivity index (χ0) is 18.6. The monoisotopic (exact) mass is 362 g/mol. The molecular weight excluding hydrogens is 328 g/mol. The van der Waals surface area contributed by atoms with Crippen LogP contribution in [-0.4, -0.2) is 70.5 Å². The van der Waals surface area contributed by atoms with E-state index in [1.165, 1.54) is 5.56 Å². The highest BCUT2D eigenvalue weighted by molar-refractivity contribution is 5.79. The molecule has 1 saturated heterocycles. The molecule has 1 aliphatic rings. The summed E-state index contributed by atoms with van der Waals surface area (Å²) < 4.78 is 10.9. The number of aliphatic imine (C=N–C) groups is 1. The van der Waals surface area contributed by atoms with E-state index in [0.717, 1.165) is 70.6 Å². The minimum Gasteiger partial charge on any atom is -0.496 e. The van der Waals surface area contributed by atoms with Gasteiger partial charge < -0.3 is 20.1 Å². The SMILES string of the molecule is CCNC(=NCC(C)c1ccccc1OC)NCCCN1CCOCC1. The molecule has 6 heteroatoms. The van der Waals surface area contributed by atoms with Crippen LogP contribution in [0.3, 0.4) is 0 Å². The predicted molar refractivity (Wildman–Crippen MR) is 107 cm³/mol. The number of methoxy groups -OCH3 is 1. The highest BCUT2D eigenvalue weighted by Crippen LogP contribution is 2.26. The quantitative estimate of drug-likeness (QED) is 0.400. The van der Waals surface area contributed by atoms with Gasteiger partial charge in [0.05, 0.1) is 20.3 Å². The number of hydrogen-bond donors (Lipinski definition) is 2. The summed E-state index contributed by atoms with van der Waals surface area (Å²) in [5.74, 6) is 2.12. The van der Waals surface area contributed by atoms with E-state index in [9.17, 15) is 0 Å². The molecule has 1 aromatic carbocycles. The van der Waals surface area contributed by atoms with Gasteiger partial charge in [-0.25, -0.2) is 0 Å². The van der Waals surface area contributed by atoms with Crippen molar-refractivity contribution in [3.63, 3.8) is 0 Å². The molecule has 26 heavy (non-hydrogen) atoms.